The lowest BCUT2D eigenvalue weighted by Gasteiger charge is -2.10. The summed E-state index contributed by atoms with van der Waals surface area (Å²) in [7, 11) is -3.28. The lowest BCUT2D eigenvalue weighted by Crippen LogP contribution is -2.40. The number of carboxylic acids is 1. The van der Waals surface area contributed by atoms with E-state index < -0.39 is 27.9 Å². The van der Waals surface area contributed by atoms with Crippen LogP contribution in [0.3, 0.4) is 0 Å². The second-order valence-corrected chi connectivity index (χ2v) is 5.97. The van der Waals surface area contributed by atoms with E-state index in [9.17, 15) is 18.0 Å². The number of carboxylic acid groups (broad SMARTS) is 1. The fraction of sp³-hybridized carbons (Fsp3) is 0.273. The maximum absolute atomic E-state index is 11.4. The fourth-order valence-corrected chi connectivity index (χ4v) is 1.84. The summed E-state index contributed by atoms with van der Waals surface area (Å²) >= 11 is 0. The van der Waals surface area contributed by atoms with Gasteiger partial charge >= 0.3 is 12.0 Å². The molecule has 2 amide bonds. The van der Waals surface area contributed by atoms with Crippen LogP contribution in [0.15, 0.2) is 29.2 Å². The molecule has 0 saturated carbocycles. The van der Waals surface area contributed by atoms with Crippen molar-refractivity contribution in [3.63, 3.8) is 0 Å². The van der Waals surface area contributed by atoms with Gasteiger partial charge in [0.15, 0.2) is 9.84 Å². The molecule has 8 heteroatoms. The third-order valence-electron chi connectivity index (χ3n) is 2.26. The van der Waals surface area contributed by atoms with Crippen molar-refractivity contribution in [1.29, 1.82) is 0 Å². The molecule has 0 aromatic heterocycles. The Labute approximate surface area is 110 Å². The molecular formula is C11H14N2O5S. The van der Waals surface area contributed by atoms with E-state index in [1.807, 2.05) is 0 Å². The number of rotatable bonds is 4. The second-order valence-electron chi connectivity index (χ2n) is 3.95. The van der Waals surface area contributed by atoms with Crippen molar-refractivity contribution in [2.24, 2.45) is 0 Å². The van der Waals surface area contributed by atoms with E-state index in [0.29, 0.717) is 5.69 Å². The van der Waals surface area contributed by atoms with Crippen LogP contribution in [-0.2, 0) is 14.6 Å². The molecule has 0 aliphatic carbocycles. The molecule has 0 unspecified atom stereocenters. The van der Waals surface area contributed by atoms with Crippen LogP contribution in [0, 0.1) is 0 Å². The maximum Gasteiger partial charge on any atom is 0.325 e. The molecule has 0 saturated heterocycles. The third kappa shape index (κ3) is 4.59. The highest BCUT2D eigenvalue weighted by molar-refractivity contribution is 7.90. The van der Waals surface area contributed by atoms with E-state index in [1.54, 1.807) is 0 Å². The van der Waals surface area contributed by atoms with E-state index in [2.05, 4.69) is 10.6 Å². The first-order chi connectivity index (χ1) is 8.70. The van der Waals surface area contributed by atoms with E-state index in [4.69, 9.17) is 5.11 Å². The van der Waals surface area contributed by atoms with Crippen LogP contribution in [0.2, 0.25) is 0 Å². The molecule has 19 heavy (non-hydrogen) atoms. The number of nitrogens with one attached hydrogen (secondary N) is 2. The second kappa shape index (κ2) is 5.70. The Balaban J connectivity index is 2.69. The molecule has 0 radical (unpaired) electrons. The molecule has 0 fully saturated rings. The van der Waals surface area contributed by atoms with Crippen LogP contribution in [0.1, 0.15) is 6.92 Å². The molecule has 1 rings (SSSR count). The van der Waals surface area contributed by atoms with E-state index >= 15 is 0 Å². The van der Waals surface area contributed by atoms with Gasteiger partial charge in [-0.25, -0.2) is 13.2 Å². The summed E-state index contributed by atoms with van der Waals surface area (Å²) in [4.78, 5) is 22.1. The number of carbonyl (C=O) groups excluding carboxylic acids is 1. The van der Waals surface area contributed by atoms with Gasteiger partial charge in [-0.15, -0.1) is 0 Å². The van der Waals surface area contributed by atoms with Gasteiger partial charge in [0.1, 0.15) is 6.04 Å². The largest absolute Gasteiger partial charge is 0.480 e. The Bertz CT molecular complexity index is 580. The molecule has 0 aliphatic heterocycles. The smallest absolute Gasteiger partial charge is 0.325 e. The topological polar surface area (TPSA) is 113 Å². The number of aliphatic carboxylic acids is 1. The number of hydrogen-bond donors (Lipinski definition) is 3. The summed E-state index contributed by atoms with van der Waals surface area (Å²) in [5.74, 6) is -1.15. The first-order valence-corrected chi connectivity index (χ1v) is 7.20. The van der Waals surface area contributed by atoms with Crippen LogP contribution in [0.4, 0.5) is 10.5 Å². The number of benzene rings is 1. The van der Waals surface area contributed by atoms with E-state index in [1.165, 1.54) is 31.2 Å². The van der Waals surface area contributed by atoms with E-state index in [0.717, 1.165) is 6.26 Å². The lowest BCUT2D eigenvalue weighted by molar-refractivity contribution is -0.138. The Morgan fingerprint density at radius 2 is 1.74 bits per heavy atom. The van der Waals surface area contributed by atoms with Crippen molar-refractivity contribution in [2.45, 2.75) is 17.9 Å². The summed E-state index contributed by atoms with van der Waals surface area (Å²) in [5, 5.41) is 13.2. The Morgan fingerprint density at radius 3 is 2.16 bits per heavy atom. The number of urea groups is 1. The van der Waals surface area contributed by atoms with Gasteiger partial charge in [-0.1, -0.05) is 0 Å². The minimum atomic E-state index is -3.28. The van der Waals surface area contributed by atoms with Gasteiger partial charge < -0.3 is 15.7 Å². The predicted octanol–water partition coefficient (Wildman–Crippen LogP) is 0.685. The normalized spacial score (nSPS) is 12.5. The van der Waals surface area contributed by atoms with Crippen LogP contribution in [-0.4, -0.2) is 37.8 Å². The average Bonchev–Trinajstić information content (AvgIpc) is 2.28. The highest BCUT2D eigenvalue weighted by atomic mass is 32.2. The molecule has 1 aromatic rings. The lowest BCUT2D eigenvalue weighted by atomic mass is 10.3. The molecule has 0 spiro atoms. The number of hydrogen-bond acceptors (Lipinski definition) is 4. The summed E-state index contributed by atoms with van der Waals surface area (Å²) < 4.78 is 22.4. The molecule has 7 nitrogen and oxygen atoms in total. The zero-order valence-corrected chi connectivity index (χ0v) is 11.2. The molecule has 3 N–H and O–H groups in total. The quantitative estimate of drug-likeness (QED) is 0.753. The molecular weight excluding hydrogens is 272 g/mol. The first kappa shape index (κ1) is 15.0. The van der Waals surface area contributed by atoms with Crippen LogP contribution in [0.5, 0.6) is 0 Å². The minimum absolute atomic E-state index is 0.136. The van der Waals surface area contributed by atoms with Crippen molar-refractivity contribution >= 4 is 27.5 Å². The average molecular weight is 286 g/mol. The predicted molar refractivity (Wildman–Crippen MR) is 68.8 cm³/mol. The summed E-state index contributed by atoms with van der Waals surface area (Å²) in [6.07, 6.45) is 1.08. The zero-order valence-electron chi connectivity index (χ0n) is 10.4. The molecule has 0 aliphatic rings. The number of amides is 2. The molecule has 1 aromatic carbocycles. The van der Waals surface area contributed by atoms with Gasteiger partial charge in [0, 0.05) is 11.9 Å². The SMILES string of the molecule is C[C@H](NC(=O)Nc1ccc(S(C)(=O)=O)cc1)C(=O)O. The maximum atomic E-state index is 11.4. The highest BCUT2D eigenvalue weighted by Gasteiger charge is 2.14. The van der Waals surface area contributed by atoms with Gasteiger partial charge in [0.05, 0.1) is 4.90 Å². The van der Waals surface area contributed by atoms with Gasteiger partial charge in [-0.05, 0) is 31.2 Å². The van der Waals surface area contributed by atoms with Crippen molar-refractivity contribution in [1.82, 2.24) is 5.32 Å². The van der Waals surface area contributed by atoms with Gasteiger partial charge in [-0.3, -0.25) is 4.79 Å². The standard InChI is InChI=1S/C11H14N2O5S/c1-7(10(14)15)12-11(16)13-8-3-5-9(6-4-8)19(2,17)18/h3-7H,1-2H3,(H,14,15)(H2,12,13,16)/t7-/m0/s1. The van der Waals surface area contributed by atoms with Crippen molar-refractivity contribution in [3.8, 4) is 0 Å². The first-order valence-electron chi connectivity index (χ1n) is 5.30. The Morgan fingerprint density at radius 1 is 1.21 bits per heavy atom. The Hall–Kier alpha value is -2.09. The minimum Gasteiger partial charge on any atom is -0.480 e. The molecule has 0 heterocycles. The van der Waals surface area contributed by atoms with E-state index in [-0.39, 0.29) is 4.90 Å². The van der Waals surface area contributed by atoms with Crippen LogP contribution < -0.4 is 10.6 Å². The van der Waals surface area contributed by atoms with Gasteiger partial charge in [0.25, 0.3) is 0 Å². The fourth-order valence-electron chi connectivity index (χ4n) is 1.21. The third-order valence-corrected chi connectivity index (χ3v) is 3.39. The zero-order chi connectivity index (χ0) is 14.6. The van der Waals surface area contributed by atoms with Gasteiger partial charge in [0.2, 0.25) is 0 Å². The van der Waals surface area contributed by atoms with Crippen LogP contribution >= 0.6 is 0 Å². The number of carbonyl (C=O) groups is 2. The summed E-state index contributed by atoms with van der Waals surface area (Å²) in [6, 6.07) is 3.84. The molecule has 0 bridgehead atoms. The summed E-state index contributed by atoms with van der Waals surface area (Å²) in [6.45, 7) is 1.33. The highest BCUT2D eigenvalue weighted by Crippen LogP contribution is 2.13. The van der Waals surface area contributed by atoms with Crippen molar-refractivity contribution in [3.05, 3.63) is 24.3 Å². The van der Waals surface area contributed by atoms with Crippen LogP contribution in [0.25, 0.3) is 0 Å². The number of sulfone groups is 1. The summed E-state index contributed by atoms with van der Waals surface area (Å²) in [5.41, 5.74) is 0.363. The van der Waals surface area contributed by atoms with Crippen molar-refractivity contribution < 1.29 is 23.1 Å². The Kier molecular flexibility index (Phi) is 4.49. The molecule has 1 atom stereocenters. The van der Waals surface area contributed by atoms with Crippen molar-refractivity contribution in [2.75, 3.05) is 11.6 Å². The molecule has 104 valence electrons. The van der Waals surface area contributed by atoms with Gasteiger partial charge in [-0.2, -0.15) is 0 Å². The number of anilines is 1. The monoisotopic (exact) mass is 286 g/mol.